The van der Waals surface area contributed by atoms with Gasteiger partial charge in [-0.1, -0.05) is 11.8 Å². The van der Waals surface area contributed by atoms with E-state index in [1.165, 1.54) is 0 Å². The van der Waals surface area contributed by atoms with Gasteiger partial charge in [-0.15, -0.1) is 0 Å². The van der Waals surface area contributed by atoms with Gasteiger partial charge in [0.05, 0.1) is 0 Å². The number of thioether (sulfide) groups is 1. The molecule has 0 radical (unpaired) electrons. The fraction of sp³-hybridized carbons (Fsp3) is 0.778. The summed E-state index contributed by atoms with van der Waals surface area (Å²) in [5.41, 5.74) is 5.55. The van der Waals surface area contributed by atoms with E-state index in [-0.39, 0.29) is 18.3 Å². The Bertz CT molecular complexity index is 245. The molecule has 14 heavy (non-hydrogen) atoms. The van der Waals surface area contributed by atoms with Gasteiger partial charge in [-0.25, -0.2) is 8.78 Å². The number of halogens is 2. The molecule has 80 valence electrons. The summed E-state index contributed by atoms with van der Waals surface area (Å²) in [5.74, 6) is -2.14. The summed E-state index contributed by atoms with van der Waals surface area (Å²) in [5, 5.41) is 2.98. The van der Waals surface area contributed by atoms with Crippen molar-refractivity contribution in [2.24, 2.45) is 11.7 Å². The van der Waals surface area contributed by atoms with Crippen molar-refractivity contribution < 1.29 is 8.78 Å². The summed E-state index contributed by atoms with van der Waals surface area (Å²) in [6, 6.07) is 0. The Morgan fingerprint density at radius 3 is 2.57 bits per heavy atom. The first-order chi connectivity index (χ1) is 6.57. The van der Waals surface area contributed by atoms with Gasteiger partial charge >= 0.3 is 0 Å². The SMILES string of the molecule is NC1NC=C(C2CCC(F)(F)CC2)S1. The molecule has 0 saturated heterocycles. The van der Waals surface area contributed by atoms with Crippen molar-refractivity contribution in [2.75, 3.05) is 0 Å². The Kier molecular flexibility index (Phi) is 2.70. The lowest BCUT2D eigenvalue weighted by atomic mass is 9.86. The van der Waals surface area contributed by atoms with Crippen molar-refractivity contribution in [1.29, 1.82) is 0 Å². The van der Waals surface area contributed by atoms with E-state index in [0.29, 0.717) is 18.8 Å². The third kappa shape index (κ3) is 2.20. The van der Waals surface area contributed by atoms with Crippen molar-refractivity contribution in [3.05, 3.63) is 11.1 Å². The molecule has 5 heteroatoms. The second-order valence-corrected chi connectivity index (χ2v) is 5.10. The predicted octanol–water partition coefficient (Wildman–Crippen LogP) is 2.23. The fourth-order valence-corrected chi connectivity index (χ4v) is 2.91. The molecule has 2 aliphatic rings. The first-order valence-corrected chi connectivity index (χ1v) is 5.71. The second-order valence-electron chi connectivity index (χ2n) is 3.88. The Morgan fingerprint density at radius 1 is 1.43 bits per heavy atom. The highest BCUT2D eigenvalue weighted by molar-refractivity contribution is 8.03. The molecule has 1 aliphatic heterocycles. The van der Waals surface area contributed by atoms with E-state index >= 15 is 0 Å². The number of hydrogen-bond acceptors (Lipinski definition) is 3. The molecule has 0 aromatic carbocycles. The zero-order valence-electron chi connectivity index (χ0n) is 7.80. The molecular weight excluding hydrogens is 206 g/mol. The first kappa shape index (κ1) is 10.2. The molecule has 0 spiro atoms. The molecular formula is C9H14F2N2S. The van der Waals surface area contributed by atoms with Crippen LogP contribution in [0.15, 0.2) is 11.1 Å². The summed E-state index contributed by atoms with van der Waals surface area (Å²) in [6.07, 6.45) is 3.08. The molecule has 1 heterocycles. The van der Waals surface area contributed by atoms with Crippen LogP contribution in [0.5, 0.6) is 0 Å². The topological polar surface area (TPSA) is 38.0 Å². The Hall–Kier alpha value is -0.290. The van der Waals surface area contributed by atoms with Crippen LogP contribution in [0.25, 0.3) is 0 Å². The van der Waals surface area contributed by atoms with Crippen LogP contribution in [0.1, 0.15) is 25.7 Å². The van der Waals surface area contributed by atoms with Gasteiger partial charge in [0, 0.05) is 23.9 Å². The monoisotopic (exact) mass is 220 g/mol. The first-order valence-electron chi connectivity index (χ1n) is 4.83. The molecule has 1 aliphatic carbocycles. The highest BCUT2D eigenvalue weighted by Gasteiger charge is 2.37. The van der Waals surface area contributed by atoms with Crippen molar-refractivity contribution in [3.8, 4) is 0 Å². The minimum atomic E-state index is -2.43. The van der Waals surface area contributed by atoms with Gasteiger partial charge in [-0.3, -0.25) is 0 Å². The molecule has 1 unspecified atom stereocenters. The van der Waals surface area contributed by atoms with Crippen molar-refractivity contribution in [1.82, 2.24) is 5.32 Å². The van der Waals surface area contributed by atoms with Crippen LogP contribution in [0.2, 0.25) is 0 Å². The summed E-state index contributed by atoms with van der Waals surface area (Å²) < 4.78 is 25.7. The van der Waals surface area contributed by atoms with E-state index in [9.17, 15) is 8.78 Å². The van der Waals surface area contributed by atoms with E-state index in [1.807, 2.05) is 6.20 Å². The van der Waals surface area contributed by atoms with Crippen LogP contribution in [0.3, 0.4) is 0 Å². The number of rotatable bonds is 1. The van der Waals surface area contributed by atoms with Crippen LogP contribution in [-0.2, 0) is 0 Å². The zero-order chi connectivity index (χ0) is 10.2. The van der Waals surface area contributed by atoms with E-state index in [4.69, 9.17) is 5.73 Å². The maximum atomic E-state index is 12.9. The lowest BCUT2D eigenvalue weighted by Crippen LogP contribution is -2.26. The number of hydrogen-bond donors (Lipinski definition) is 2. The number of allylic oxidation sites excluding steroid dienone is 1. The highest BCUT2D eigenvalue weighted by Crippen LogP contribution is 2.43. The van der Waals surface area contributed by atoms with Crippen LogP contribution in [0, 0.1) is 5.92 Å². The quantitative estimate of drug-likeness (QED) is 0.711. The number of alkyl halides is 2. The standard InChI is InChI=1S/C9H14F2N2S/c10-9(11)3-1-6(2-4-9)7-5-13-8(12)14-7/h5-6,8,13H,1-4,12H2. The average Bonchev–Trinajstić information content (AvgIpc) is 2.52. The second kappa shape index (κ2) is 3.70. The van der Waals surface area contributed by atoms with Gasteiger partial charge in [-0.05, 0) is 18.8 Å². The zero-order valence-corrected chi connectivity index (χ0v) is 8.62. The average molecular weight is 220 g/mol. The molecule has 0 aromatic rings. The molecule has 2 rings (SSSR count). The van der Waals surface area contributed by atoms with Crippen LogP contribution in [-0.4, -0.2) is 11.4 Å². The minimum absolute atomic E-state index is 0.0187. The smallest absolute Gasteiger partial charge is 0.248 e. The Labute approximate surface area is 86.3 Å². The molecule has 3 N–H and O–H groups in total. The molecule has 0 bridgehead atoms. The molecule has 2 nitrogen and oxygen atoms in total. The number of nitrogens with two attached hydrogens (primary N) is 1. The molecule has 1 fully saturated rings. The largest absolute Gasteiger partial charge is 0.367 e. The van der Waals surface area contributed by atoms with E-state index in [2.05, 4.69) is 5.32 Å². The van der Waals surface area contributed by atoms with Crippen LogP contribution >= 0.6 is 11.8 Å². The molecule has 1 atom stereocenters. The van der Waals surface area contributed by atoms with Gasteiger partial charge < -0.3 is 11.1 Å². The lowest BCUT2D eigenvalue weighted by molar-refractivity contribution is -0.0414. The molecule has 1 saturated carbocycles. The molecule has 0 amide bonds. The van der Waals surface area contributed by atoms with Crippen molar-refractivity contribution in [2.45, 2.75) is 37.1 Å². The summed E-state index contributed by atoms with van der Waals surface area (Å²) in [7, 11) is 0. The highest BCUT2D eigenvalue weighted by atomic mass is 32.2. The van der Waals surface area contributed by atoms with Gasteiger partial charge in [0.25, 0.3) is 0 Å². The third-order valence-corrected chi connectivity index (χ3v) is 3.89. The van der Waals surface area contributed by atoms with Gasteiger partial charge in [-0.2, -0.15) is 0 Å². The van der Waals surface area contributed by atoms with Gasteiger partial charge in [0.15, 0.2) is 0 Å². The normalized spacial score (nSPS) is 32.5. The predicted molar refractivity (Wildman–Crippen MR) is 53.7 cm³/mol. The molecule has 0 aromatic heterocycles. The summed E-state index contributed by atoms with van der Waals surface area (Å²) in [4.78, 5) is 1.15. The minimum Gasteiger partial charge on any atom is -0.367 e. The third-order valence-electron chi connectivity index (χ3n) is 2.77. The maximum absolute atomic E-state index is 12.9. The van der Waals surface area contributed by atoms with Crippen molar-refractivity contribution >= 4 is 11.8 Å². The van der Waals surface area contributed by atoms with Gasteiger partial charge in [0.1, 0.15) is 5.50 Å². The maximum Gasteiger partial charge on any atom is 0.248 e. The van der Waals surface area contributed by atoms with E-state index in [0.717, 1.165) is 4.91 Å². The van der Waals surface area contributed by atoms with E-state index < -0.39 is 5.92 Å². The summed E-state index contributed by atoms with van der Waals surface area (Å²) in [6.45, 7) is 0. The number of nitrogens with one attached hydrogen (secondary N) is 1. The van der Waals surface area contributed by atoms with E-state index in [1.54, 1.807) is 11.8 Å². The van der Waals surface area contributed by atoms with Crippen LogP contribution in [0.4, 0.5) is 8.78 Å². The Balaban J connectivity index is 1.90. The Morgan fingerprint density at radius 2 is 2.07 bits per heavy atom. The summed E-state index contributed by atoms with van der Waals surface area (Å²) >= 11 is 1.56. The van der Waals surface area contributed by atoms with Crippen LogP contribution < -0.4 is 11.1 Å². The fourth-order valence-electron chi connectivity index (χ4n) is 1.92. The lowest BCUT2D eigenvalue weighted by Gasteiger charge is -2.28. The van der Waals surface area contributed by atoms with Crippen molar-refractivity contribution in [3.63, 3.8) is 0 Å². The van der Waals surface area contributed by atoms with Gasteiger partial charge in [0.2, 0.25) is 5.92 Å².